The van der Waals surface area contributed by atoms with Gasteiger partial charge >= 0.3 is 0 Å². The van der Waals surface area contributed by atoms with Crippen LogP contribution in [-0.4, -0.2) is 4.92 Å². The van der Waals surface area contributed by atoms with Crippen LogP contribution in [0.5, 0.6) is 0 Å². The summed E-state index contributed by atoms with van der Waals surface area (Å²) >= 11 is 5.70. The molecule has 0 saturated heterocycles. The van der Waals surface area contributed by atoms with Crippen LogP contribution in [0.2, 0.25) is 5.02 Å². The van der Waals surface area contributed by atoms with Crippen molar-refractivity contribution in [3.8, 4) is 0 Å². The summed E-state index contributed by atoms with van der Waals surface area (Å²) in [4.78, 5) is 9.80. The van der Waals surface area contributed by atoms with Crippen molar-refractivity contribution in [1.29, 1.82) is 0 Å². The second kappa shape index (κ2) is 2.98. The SMILES string of the molecule is Cc1ccc([N+](=O)[O-])c(N)c1Cl. The number of nitrogens with two attached hydrogens (primary N) is 1. The number of nitrogen functional groups attached to an aromatic ring is 1. The van der Waals surface area contributed by atoms with Gasteiger partial charge in [0.25, 0.3) is 5.69 Å². The van der Waals surface area contributed by atoms with Crippen molar-refractivity contribution in [2.75, 3.05) is 5.73 Å². The molecule has 0 bridgehead atoms. The van der Waals surface area contributed by atoms with Gasteiger partial charge in [0.2, 0.25) is 0 Å². The summed E-state index contributed by atoms with van der Waals surface area (Å²) in [6, 6.07) is 2.91. The second-order valence-electron chi connectivity index (χ2n) is 2.39. The lowest BCUT2D eigenvalue weighted by Crippen LogP contribution is -1.97. The van der Waals surface area contributed by atoms with Crippen molar-refractivity contribution in [2.24, 2.45) is 0 Å². The number of nitrogens with zero attached hydrogens (tertiary/aromatic N) is 1. The van der Waals surface area contributed by atoms with E-state index in [1.54, 1.807) is 13.0 Å². The van der Waals surface area contributed by atoms with Crippen molar-refractivity contribution in [3.05, 3.63) is 32.8 Å². The Kier molecular flexibility index (Phi) is 2.19. The first-order chi connectivity index (χ1) is 5.54. The highest BCUT2D eigenvalue weighted by molar-refractivity contribution is 6.34. The monoisotopic (exact) mass is 186 g/mol. The molecule has 64 valence electrons. The Labute approximate surface area is 74.1 Å². The summed E-state index contributed by atoms with van der Waals surface area (Å²) in [5.74, 6) is 0. The maximum Gasteiger partial charge on any atom is 0.293 e. The van der Waals surface area contributed by atoms with Crippen LogP contribution in [0, 0.1) is 17.0 Å². The highest BCUT2D eigenvalue weighted by Crippen LogP contribution is 2.31. The van der Waals surface area contributed by atoms with Gasteiger partial charge in [-0.05, 0) is 12.5 Å². The zero-order chi connectivity index (χ0) is 9.30. The maximum atomic E-state index is 10.4. The van der Waals surface area contributed by atoms with Crippen LogP contribution in [0.15, 0.2) is 12.1 Å². The Morgan fingerprint density at radius 1 is 1.58 bits per heavy atom. The lowest BCUT2D eigenvalue weighted by atomic mass is 10.2. The first kappa shape index (κ1) is 8.80. The van der Waals surface area contributed by atoms with Crippen LogP contribution in [-0.2, 0) is 0 Å². The molecule has 4 nitrogen and oxygen atoms in total. The van der Waals surface area contributed by atoms with Crippen LogP contribution >= 0.6 is 11.6 Å². The summed E-state index contributed by atoms with van der Waals surface area (Å²) in [5.41, 5.74) is 6.03. The van der Waals surface area contributed by atoms with Gasteiger partial charge in [0.1, 0.15) is 5.69 Å². The van der Waals surface area contributed by atoms with E-state index in [9.17, 15) is 10.1 Å². The van der Waals surface area contributed by atoms with E-state index in [-0.39, 0.29) is 16.4 Å². The summed E-state index contributed by atoms with van der Waals surface area (Å²) in [7, 11) is 0. The number of hydrogen-bond acceptors (Lipinski definition) is 3. The van der Waals surface area contributed by atoms with Crippen LogP contribution in [0.4, 0.5) is 11.4 Å². The molecule has 0 aliphatic carbocycles. The molecule has 0 heterocycles. The first-order valence-corrected chi connectivity index (χ1v) is 3.61. The average molecular weight is 187 g/mol. The minimum atomic E-state index is -0.555. The number of nitro groups is 1. The molecule has 0 aromatic heterocycles. The smallest absolute Gasteiger partial charge is 0.293 e. The molecule has 0 unspecified atom stereocenters. The molecule has 1 rings (SSSR count). The Hall–Kier alpha value is -1.29. The molecule has 0 atom stereocenters. The molecular formula is C7H7ClN2O2. The first-order valence-electron chi connectivity index (χ1n) is 3.23. The number of benzene rings is 1. The number of rotatable bonds is 1. The maximum absolute atomic E-state index is 10.4. The molecule has 0 radical (unpaired) electrons. The van der Waals surface area contributed by atoms with Crippen LogP contribution in [0.1, 0.15) is 5.56 Å². The summed E-state index contributed by atoms with van der Waals surface area (Å²) in [6.07, 6.45) is 0. The van der Waals surface area contributed by atoms with Crippen LogP contribution < -0.4 is 5.73 Å². The van der Waals surface area contributed by atoms with Gasteiger partial charge in [-0.25, -0.2) is 0 Å². The normalized spacial score (nSPS) is 9.83. The van der Waals surface area contributed by atoms with E-state index in [2.05, 4.69) is 0 Å². The third-order valence-electron chi connectivity index (χ3n) is 1.55. The molecule has 0 fully saturated rings. The summed E-state index contributed by atoms with van der Waals surface area (Å²) < 4.78 is 0. The molecule has 1 aromatic rings. The fourth-order valence-electron chi connectivity index (χ4n) is 0.851. The number of hydrogen-bond donors (Lipinski definition) is 1. The third-order valence-corrected chi connectivity index (χ3v) is 2.05. The van der Waals surface area contributed by atoms with E-state index in [0.717, 1.165) is 5.56 Å². The topological polar surface area (TPSA) is 69.2 Å². The molecule has 0 aliphatic rings. The number of aryl methyl sites for hydroxylation is 1. The Morgan fingerprint density at radius 3 is 2.67 bits per heavy atom. The number of nitro benzene ring substituents is 1. The van der Waals surface area contributed by atoms with Crippen LogP contribution in [0.25, 0.3) is 0 Å². The minimum absolute atomic E-state index is 0.0293. The zero-order valence-electron chi connectivity index (χ0n) is 6.37. The molecule has 0 spiro atoms. The lowest BCUT2D eigenvalue weighted by Gasteiger charge is -2.01. The summed E-state index contributed by atoms with van der Waals surface area (Å²) in [6.45, 7) is 1.74. The van der Waals surface area contributed by atoms with Gasteiger partial charge in [0.15, 0.2) is 0 Å². The van der Waals surface area contributed by atoms with E-state index < -0.39 is 4.92 Å². The van der Waals surface area contributed by atoms with E-state index >= 15 is 0 Å². The van der Waals surface area contributed by atoms with E-state index in [4.69, 9.17) is 17.3 Å². The van der Waals surface area contributed by atoms with E-state index in [0.29, 0.717) is 0 Å². The molecule has 0 amide bonds. The van der Waals surface area contributed by atoms with Crippen molar-refractivity contribution >= 4 is 23.0 Å². The molecule has 5 heteroatoms. The van der Waals surface area contributed by atoms with Gasteiger partial charge in [-0.2, -0.15) is 0 Å². The van der Waals surface area contributed by atoms with Crippen molar-refractivity contribution in [3.63, 3.8) is 0 Å². The Morgan fingerprint density at radius 2 is 2.17 bits per heavy atom. The van der Waals surface area contributed by atoms with Gasteiger partial charge in [0, 0.05) is 6.07 Å². The predicted molar refractivity (Wildman–Crippen MR) is 47.3 cm³/mol. The third kappa shape index (κ3) is 1.33. The molecule has 12 heavy (non-hydrogen) atoms. The number of halogens is 1. The van der Waals surface area contributed by atoms with Crippen LogP contribution in [0.3, 0.4) is 0 Å². The van der Waals surface area contributed by atoms with Crippen molar-refractivity contribution < 1.29 is 4.92 Å². The Bertz CT molecular complexity index is 338. The van der Waals surface area contributed by atoms with Crippen molar-refractivity contribution in [2.45, 2.75) is 6.92 Å². The van der Waals surface area contributed by atoms with Gasteiger partial charge < -0.3 is 5.73 Å². The quantitative estimate of drug-likeness (QED) is 0.415. The highest BCUT2D eigenvalue weighted by Gasteiger charge is 2.14. The van der Waals surface area contributed by atoms with Gasteiger partial charge in [-0.15, -0.1) is 0 Å². The fraction of sp³-hybridized carbons (Fsp3) is 0.143. The van der Waals surface area contributed by atoms with Gasteiger partial charge in [-0.3, -0.25) is 10.1 Å². The summed E-state index contributed by atoms with van der Waals surface area (Å²) in [5, 5.41) is 10.6. The predicted octanol–water partition coefficient (Wildman–Crippen LogP) is 2.14. The Balaban J connectivity index is 3.36. The zero-order valence-corrected chi connectivity index (χ0v) is 7.13. The number of anilines is 1. The highest BCUT2D eigenvalue weighted by atomic mass is 35.5. The van der Waals surface area contributed by atoms with Gasteiger partial charge in [-0.1, -0.05) is 17.7 Å². The second-order valence-corrected chi connectivity index (χ2v) is 2.76. The van der Waals surface area contributed by atoms with E-state index in [1.807, 2.05) is 0 Å². The molecule has 0 aliphatic heterocycles. The molecule has 2 N–H and O–H groups in total. The van der Waals surface area contributed by atoms with E-state index in [1.165, 1.54) is 6.07 Å². The molecule has 0 saturated carbocycles. The lowest BCUT2D eigenvalue weighted by molar-refractivity contribution is -0.383. The minimum Gasteiger partial charge on any atom is -0.392 e. The van der Waals surface area contributed by atoms with Crippen molar-refractivity contribution in [1.82, 2.24) is 0 Å². The average Bonchev–Trinajstić information content (AvgIpc) is 2.00. The largest absolute Gasteiger partial charge is 0.392 e. The molecular weight excluding hydrogens is 180 g/mol. The fourth-order valence-corrected chi connectivity index (χ4v) is 1.01. The molecule has 1 aromatic carbocycles. The standard InChI is InChI=1S/C7H7ClN2O2/c1-4-2-3-5(10(11)12)7(9)6(4)8/h2-3H,9H2,1H3. The van der Waals surface area contributed by atoms with Gasteiger partial charge in [0.05, 0.1) is 9.95 Å².